The van der Waals surface area contributed by atoms with Gasteiger partial charge >= 0.3 is 0 Å². The third kappa shape index (κ3) is 3.99. The lowest BCUT2D eigenvalue weighted by molar-refractivity contribution is 0.743. The van der Waals surface area contributed by atoms with Gasteiger partial charge in [-0.05, 0) is 29.5 Å². The van der Waals surface area contributed by atoms with Crippen LogP contribution in [0.1, 0.15) is 37.6 Å². The number of hydrogen-bond donors (Lipinski definition) is 1. The molecule has 3 rings (SSSR count). The van der Waals surface area contributed by atoms with E-state index in [0.717, 1.165) is 18.5 Å². The molecule has 0 fully saturated rings. The van der Waals surface area contributed by atoms with Crippen molar-refractivity contribution in [3.8, 4) is 11.1 Å². The summed E-state index contributed by atoms with van der Waals surface area (Å²) in [5, 5.41) is 4.08. The van der Waals surface area contributed by atoms with Crippen LogP contribution in [0.2, 0.25) is 5.02 Å². The van der Waals surface area contributed by atoms with Crippen LogP contribution in [0.4, 0.5) is 5.82 Å². The molecule has 0 spiro atoms. The fourth-order valence-electron chi connectivity index (χ4n) is 2.88. The van der Waals surface area contributed by atoms with Crippen LogP contribution < -0.4 is 5.32 Å². The van der Waals surface area contributed by atoms with Crippen LogP contribution in [0.5, 0.6) is 0 Å². The Morgan fingerprint density at radius 1 is 0.920 bits per heavy atom. The Morgan fingerprint density at radius 3 is 2.24 bits per heavy atom. The number of benzene rings is 2. The Morgan fingerprint density at radius 2 is 1.60 bits per heavy atom. The minimum absolute atomic E-state index is 0.155. The first-order valence-corrected chi connectivity index (χ1v) is 9.02. The van der Waals surface area contributed by atoms with Crippen molar-refractivity contribution in [1.29, 1.82) is 0 Å². The summed E-state index contributed by atoms with van der Waals surface area (Å²) in [5.74, 6) is 0.701. The van der Waals surface area contributed by atoms with E-state index < -0.39 is 0 Å². The van der Waals surface area contributed by atoms with Crippen LogP contribution in [0.3, 0.4) is 0 Å². The van der Waals surface area contributed by atoms with Crippen molar-refractivity contribution < 1.29 is 0 Å². The molecule has 0 aliphatic heterocycles. The van der Waals surface area contributed by atoms with Crippen molar-refractivity contribution in [3.05, 3.63) is 77.2 Å². The van der Waals surface area contributed by atoms with Crippen molar-refractivity contribution in [3.63, 3.8) is 0 Å². The molecule has 25 heavy (non-hydrogen) atoms. The molecule has 0 aliphatic rings. The van der Waals surface area contributed by atoms with E-state index in [-0.39, 0.29) is 6.04 Å². The quantitative estimate of drug-likeness (QED) is 0.598. The van der Waals surface area contributed by atoms with Gasteiger partial charge in [-0.25, -0.2) is 9.97 Å². The van der Waals surface area contributed by atoms with Gasteiger partial charge < -0.3 is 5.32 Å². The van der Waals surface area contributed by atoms with Crippen molar-refractivity contribution >= 4 is 17.4 Å². The smallest absolute Gasteiger partial charge is 0.149 e. The summed E-state index contributed by atoms with van der Waals surface area (Å²) in [5.41, 5.74) is 4.53. The average Bonchev–Trinajstić information content (AvgIpc) is 2.68. The molecule has 2 aromatic carbocycles. The van der Waals surface area contributed by atoms with E-state index in [2.05, 4.69) is 70.7 Å². The van der Waals surface area contributed by atoms with Gasteiger partial charge in [0.05, 0.1) is 11.7 Å². The Hall–Kier alpha value is -2.39. The Labute approximate surface area is 154 Å². The van der Waals surface area contributed by atoms with E-state index in [9.17, 15) is 0 Å². The summed E-state index contributed by atoms with van der Waals surface area (Å²) >= 11 is 6.42. The molecule has 1 unspecified atom stereocenters. The molecule has 0 bridgehead atoms. The lowest BCUT2D eigenvalue weighted by Gasteiger charge is -2.19. The van der Waals surface area contributed by atoms with E-state index in [1.54, 1.807) is 6.33 Å². The monoisotopic (exact) mass is 351 g/mol. The minimum Gasteiger partial charge on any atom is -0.362 e. The molecular formula is C21H22ClN3. The second-order valence-electron chi connectivity index (χ2n) is 5.93. The molecule has 0 saturated heterocycles. The van der Waals surface area contributed by atoms with E-state index in [1.807, 2.05) is 13.0 Å². The molecule has 128 valence electrons. The molecule has 0 amide bonds. The first kappa shape index (κ1) is 17.4. The van der Waals surface area contributed by atoms with Crippen molar-refractivity contribution in [1.82, 2.24) is 9.97 Å². The Balaban J connectivity index is 1.82. The number of halogens is 1. The van der Waals surface area contributed by atoms with Gasteiger partial charge in [-0.3, -0.25) is 0 Å². The molecule has 0 radical (unpaired) electrons. The average molecular weight is 352 g/mol. The normalized spacial score (nSPS) is 12.0. The number of anilines is 1. The van der Waals surface area contributed by atoms with Gasteiger partial charge in [0.15, 0.2) is 0 Å². The Bertz CT molecular complexity index is 816. The van der Waals surface area contributed by atoms with E-state index in [4.69, 9.17) is 11.6 Å². The lowest BCUT2D eigenvalue weighted by Crippen LogP contribution is -2.12. The zero-order chi connectivity index (χ0) is 17.6. The highest BCUT2D eigenvalue weighted by Gasteiger charge is 2.14. The van der Waals surface area contributed by atoms with Crippen LogP contribution in [0, 0.1) is 0 Å². The minimum atomic E-state index is 0.155. The molecule has 3 aromatic rings. The van der Waals surface area contributed by atoms with Crippen LogP contribution in [-0.4, -0.2) is 9.97 Å². The van der Waals surface area contributed by atoms with Crippen molar-refractivity contribution in [2.75, 3.05) is 5.32 Å². The number of rotatable bonds is 6. The van der Waals surface area contributed by atoms with Gasteiger partial charge in [0.2, 0.25) is 0 Å². The third-order valence-corrected chi connectivity index (χ3v) is 4.73. The predicted octanol–water partition coefficient (Wildman–Crippen LogP) is 5.92. The zero-order valence-corrected chi connectivity index (χ0v) is 15.3. The molecule has 1 heterocycles. The standard InChI is InChI=1S/C21H22ClN3/c1-3-18(25-21-20(22)19(4-2)23-14-24-21)17-12-10-16(11-13-17)15-8-6-5-7-9-15/h5-14,18H,3-4H2,1-2H3,(H,23,24,25). The van der Waals surface area contributed by atoms with E-state index >= 15 is 0 Å². The van der Waals surface area contributed by atoms with Gasteiger partial charge in [-0.15, -0.1) is 0 Å². The first-order chi connectivity index (χ1) is 12.2. The highest BCUT2D eigenvalue weighted by Crippen LogP contribution is 2.29. The largest absolute Gasteiger partial charge is 0.362 e. The summed E-state index contributed by atoms with van der Waals surface area (Å²) in [4.78, 5) is 8.54. The maximum atomic E-state index is 6.42. The highest BCUT2D eigenvalue weighted by molar-refractivity contribution is 6.33. The SMILES string of the molecule is CCc1ncnc(NC(CC)c2ccc(-c3ccccc3)cc2)c1Cl. The fourth-order valence-corrected chi connectivity index (χ4v) is 3.16. The summed E-state index contributed by atoms with van der Waals surface area (Å²) in [6, 6.07) is 19.2. The summed E-state index contributed by atoms with van der Waals surface area (Å²) in [6.45, 7) is 4.19. The van der Waals surface area contributed by atoms with Gasteiger partial charge in [0.25, 0.3) is 0 Å². The van der Waals surface area contributed by atoms with Gasteiger partial charge in [0, 0.05) is 0 Å². The molecule has 1 N–H and O–H groups in total. The third-order valence-electron chi connectivity index (χ3n) is 4.34. The van der Waals surface area contributed by atoms with E-state index in [0.29, 0.717) is 10.8 Å². The van der Waals surface area contributed by atoms with Crippen LogP contribution in [0.25, 0.3) is 11.1 Å². The van der Waals surface area contributed by atoms with Crippen LogP contribution >= 0.6 is 11.6 Å². The Kier molecular flexibility index (Phi) is 5.67. The summed E-state index contributed by atoms with van der Waals surface area (Å²) in [6.07, 6.45) is 3.29. The molecule has 0 aliphatic carbocycles. The molecule has 0 saturated carbocycles. The number of nitrogens with zero attached hydrogens (tertiary/aromatic N) is 2. The molecule has 4 heteroatoms. The van der Waals surface area contributed by atoms with E-state index in [1.165, 1.54) is 16.7 Å². The number of hydrogen-bond acceptors (Lipinski definition) is 3. The first-order valence-electron chi connectivity index (χ1n) is 8.64. The molecule has 3 nitrogen and oxygen atoms in total. The highest BCUT2D eigenvalue weighted by atomic mass is 35.5. The molecular weight excluding hydrogens is 330 g/mol. The molecule has 1 atom stereocenters. The molecule has 1 aromatic heterocycles. The number of aryl methyl sites for hydroxylation is 1. The maximum absolute atomic E-state index is 6.42. The van der Waals surface area contributed by atoms with Crippen molar-refractivity contribution in [2.24, 2.45) is 0 Å². The second-order valence-corrected chi connectivity index (χ2v) is 6.31. The predicted molar refractivity (Wildman–Crippen MR) is 105 cm³/mol. The topological polar surface area (TPSA) is 37.8 Å². The zero-order valence-electron chi connectivity index (χ0n) is 14.5. The van der Waals surface area contributed by atoms with Gasteiger partial charge in [-0.2, -0.15) is 0 Å². The number of aromatic nitrogens is 2. The van der Waals surface area contributed by atoms with Crippen LogP contribution in [-0.2, 0) is 6.42 Å². The fraction of sp³-hybridized carbons (Fsp3) is 0.238. The summed E-state index contributed by atoms with van der Waals surface area (Å²) in [7, 11) is 0. The second kappa shape index (κ2) is 8.13. The van der Waals surface area contributed by atoms with Crippen LogP contribution in [0.15, 0.2) is 60.9 Å². The number of nitrogens with one attached hydrogen (secondary N) is 1. The van der Waals surface area contributed by atoms with Crippen molar-refractivity contribution in [2.45, 2.75) is 32.7 Å². The summed E-state index contributed by atoms with van der Waals surface area (Å²) < 4.78 is 0. The van der Waals surface area contributed by atoms with Gasteiger partial charge in [-0.1, -0.05) is 80.0 Å². The van der Waals surface area contributed by atoms with Gasteiger partial charge in [0.1, 0.15) is 17.2 Å². The maximum Gasteiger partial charge on any atom is 0.149 e. The lowest BCUT2D eigenvalue weighted by atomic mass is 9.99.